The normalized spacial score (nSPS) is 17.6. The van der Waals surface area contributed by atoms with Gasteiger partial charge < -0.3 is 15.2 Å². The molecule has 3 rings (SSSR count). The Morgan fingerprint density at radius 1 is 1.33 bits per heavy atom. The number of aromatic nitrogens is 5. The number of aliphatic hydroxyl groups is 1. The molecule has 1 aliphatic rings. The van der Waals surface area contributed by atoms with Gasteiger partial charge in [-0.3, -0.25) is 0 Å². The summed E-state index contributed by atoms with van der Waals surface area (Å²) < 4.78 is 6.73. The molecule has 9 heteroatoms. The quantitative estimate of drug-likeness (QED) is 0.856. The standard InChI is InChI=1S/C12H15ClN6O2/c13-9-16-10(14-8-12(20)2-6-21-7-3-12)18-11(17-9)19-5-1-4-15-19/h1,4-5,20H,2-3,6-8H2,(H,14,16,17,18). The molecule has 0 unspecified atom stereocenters. The first kappa shape index (κ1) is 14.2. The molecule has 0 amide bonds. The summed E-state index contributed by atoms with van der Waals surface area (Å²) in [6.45, 7) is 1.43. The van der Waals surface area contributed by atoms with Crippen LogP contribution >= 0.6 is 11.6 Å². The smallest absolute Gasteiger partial charge is 0.256 e. The monoisotopic (exact) mass is 310 g/mol. The highest BCUT2D eigenvalue weighted by Crippen LogP contribution is 2.20. The highest BCUT2D eigenvalue weighted by atomic mass is 35.5. The number of hydrogen-bond donors (Lipinski definition) is 2. The van der Waals surface area contributed by atoms with Crippen molar-refractivity contribution in [2.24, 2.45) is 0 Å². The first-order chi connectivity index (χ1) is 10.1. The van der Waals surface area contributed by atoms with Crippen molar-refractivity contribution in [3.05, 3.63) is 23.7 Å². The van der Waals surface area contributed by atoms with Crippen LogP contribution in [0.4, 0.5) is 5.95 Å². The Hall–Kier alpha value is -1.77. The van der Waals surface area contributed by atoms with Gasteiger partial charge in [0, 0.05) is 45.0 Å². The topological polar surface area (TPSA) is 98.0 Å². The van der Waals surface area contributed by atoms with E-state index in [1.807, 2.05) is 0 Å². The lowest BCUT2D eigenvalue weighted by Gasteiger charge is -2.32. The maximum Gasteiger partial charge on any atom is 0.256 e. The van der Waals surface area contributed by atoms with Gasteiger partial charge in [-0.05, 0) is 17.7 Å². The van der Waals surface area contributed by atoms with Gasteiger partial charge in [-0.25, -0.2) is 4.68 Å². The number of rotatable bonds is 4. The fourth-order valence-electron chi connectivity index (χ4n) is 2.08. The van der Waals surface area contributed by atoms with Crippen LogP contribution in [0.5, 0.6) is 0 Å². The SMILES string of the molecule is OC1(CNc2nc(Cl)nc(-n3cccn3)n2)CCOCC1. The van der Waals surface area contributed by atoms with Gasteiger partial charge in [0.05, 0.1) is 5.60 Å². The summed E-state index contributed by atoms with van der Waals surface area (Å²) in [4.78, 5) is 12.2. The van der Waals surface area contributed by atoms with Crippen molar-refractivity contribution in [1.82, 2.24) is 24.7 Å². The Morgan fingerprint density at radius 3 is 2.86 bits per heavy atom. The fourth-order valence-corrected chi connectivity index (χ4v) is 2.24. The van der Waals surface area contributed by atoms with Crippen molar-refractivity contribution in [2.45, 2.75) is 18.4 Å². The van der Waals surface area contributed by atoms with E-state index in [1.165, 1.54) is 4.68 Å². The Balaban J connectivity index is 1.73. The second-order valence-corrected chi connectivity index (χ2v) is 5.21. The molecular formula is C12H15ClN6O2. The average molecular weight is 311 g/mol. The molecule has 112 valence electrons. The van der Waals surface area contributed by atoms with Crippen LogP contribution in [-0.4, -0.2) is 55.2 Å². The third-order valence-electron chi connectivity index (χ3n) is 3.30. The Morgan fingerprint density at radius 2 is 2.14 bits per heavy atom. The molecule has 1 fully saturated rings. The minimum absolute atomic E-state index is 0.0666. The summed E-state index contributed by atoms with van der Waals surface area (Å²) in [6, 6.07) is 1.76. The van der Waals surface area contributed by atoms with Crippen molar-refractivity contribution in [3.8, 4) is 5.95 Å². The van der Waals surface area contributed by atoms with Gasteiger partial charge in [-0.2, -0.15) is 20.1 Å². The van der Waals surface area contributed by atoms with E-state index in [0.29, 0.717) is 44.5 Å². The minimum atomic E-state index is -0.816. The van der Waals surface area contributed by atoms with Crippen LogP contribution in [-0.2, 0) is 4.74 Å². The van der Waals surface area contributed by atoms with Gasteiger partial charge in [0.2, 0.25) is 11.2 Å². The van der Waals surface area contributed by atoms with Crippen molar-refractivity contribution in [3.63, 3.8) is 0 Å². The Bertz CT molecular complexity index is 600. The molecule has 0 saturated carbocycles. The zero-order chi connectivity index (χ0) is 14.7. The molecule has 2 N–H and O–H groups in total. The van der Waals surface area contributed by atoms with E-state index in [0.717, 1.165) is 0 Å². The summed E-state index contributed by atoms with van der Waals surface area (Å²) in [5.74, 6) is 0.627. The molecule has 0 spiro atoms. The third-order valence-corrected chi connectivity index (χ3v) is 3.47. The first-order valence-corrected chi connectivity index (χ1v) is 6.98. The first-order valence-electron chi connectivity index (χ1n) is 6.60. The number of hydrogen-bond acceptors (Lipinski definition) is 7. The van der Waals surface area contributed by atoms with Crippen LogP contribution in [0.25, 0.3) is 5.95 Å². The molecular weight excluding hydrogens is 296 g/mol. The van der Waals surface area contributed by atoms with Crippen LogP contribution in [0.2, 0.25) is 5.28 Å². The average Bonchev–Trinajstić information content (AvgIpc) is 3.00. The summed E-state index contributed by atoms with van der Waals surface area (Å²) >= 11 is 5.90. The second-order valence-electron chi connectivity index (χ2n) is 4.87. The third kappa shape index (κ3) is 3.46. The number of halogens is 1. The maximum atomic E-state index is 10.4. The van der Waals surface area contributed by atoms with Crippen LogP contribution in [0.15, 0.2) is 18.5 Å². The zero-order valence-corrected chi connectivity index (χ0v) is 12.0. The van der Waals surface area contributed by atoms with Crippen LogP contribution in [0, 0.1) is 0 Å². The van der Waals surface area contributed by atoms with Crippen molar-refractivity contribution < 1.29 is 9.84 Å². The van der Waals surface area contributed by atoms with Gasteiger partial charge >= 0.3 is 0 Å². The van der Waals surface area contributed by atoms with E-state index >= 15 is 0 Å². The van der Waals surface area contributed by atoms with Gasteiger partial charge in [-0.15, -0.1) is 0 Å². The minimum Gasteiger partial charge on any atom is -0.388 e. The highest BCUT2D eigenvalue weighted by molar-refractivity contribution is 6.28. The van der Waals surface area contributed by atoms with Crippen molar-refractivity contribution in [1.29, 1.82) is 0 Å². The molecule has 1 aliphatic heterocycles. The number of ether oxygens (including phenoxy) is 1. The van der Waals surface area contributed by atoms with E-state index in [1.54, 1.807) is 18.5 Å². The summed E-state index contributed by atoms with van der Waals surface area (Å²) in [6.07, 6.45) is 4.48. The van der Waals surface area contributed by atoms with E-state index < -0.39 is 5.60 Å². The number of anilines is 1. The van der Waals surface area contributed by atoms with E-state index in [-0.39, 0.29) is 5.28 Å². The lowest BCUT2D eigenvalue weighted by atomic mass is 9.94. The summed E-state index contributed by atoms with van der Waals surface area (Å²) in [5, 5.41) is 17.5. The van der Waals surface area contributed by atoms with Gasteiger partial charge in [-0.1, -0.05) is 0 Å². The predicted molar refractivity (Wildman–Crippen MR) is 75.5 cm³/mol. The molecule has 21 heavy (non-hydrogen) atoms. The van der Waals surface area contributed by atoms with E-state index in [9.17, 15) is 5.11 Å². The molecule has 0 bridgehead atoms. The molecule has 2 aromatic rings. The van der Waals surface area contributed by atoms with Crippen LogP contribution < -0.4 is 5.32 Å². The second kappa shape index (κ2) is 5.92. The van der Waals surface area contributed by atoms with Gasteiger partial charge in [0.1, 0.15) is 0 Å². The molecule has 0 radical (unpaired) electrons. The Kier molecular flexibility index (Phi) is 4.00. The lowest BCUT2D eigenvalue weighted by molar-refractivity contribution is -0.0544. The lowest BCUT2D eigenvalue weighted by Crippen LogP contribution is -2.42. The predicted octanol–water partition coefficient (Wildman–Crippen LogP) is 0.664. The summed E-state index contributed by atoms with van der Waals surface area (Å²) in [7, 11) is 0. The maximum absolute atomic E-state index is 10.4. The molecule has 0 aromatic carbocycles. The number of nitrogens with zero attached hydrogens (tertiary/aromatic N) is 5. The largest absolute Gasteiger partial charge is 0.388 e. The molecule has 8 nitrogen and oxygen atoms in total. The van der Waals surface area contributed by atoms with E-state index in [2.05, 4.69) is 25.4 Å². The van der Waals surface area contributed by atoms with Gasteiger partial charge in [0.15, 0.2) is 0 Å². The molecule has 0 aliphatic carbocycles. The molecule has 1 saturated heterocycles. The Labute approximate surface area is 126 Å². The fraction of sp³-hybridized carbons (Fsp3) is 0.500. The summed E-state index contributed by atoms with van der Waals surface area (Å²) in [5.41, 5.74) is -0.816. The van der Waals surface area contributed by atoms with Crippen molar-refractivity contribution in [2.75, 3.05) is 25.1 Å². The van der Waals surface area contributed by atoms with Gasteiger partial charge in [0.25, 0.3) is 5.95 Å². The van der Waals surface area contributed by atoms with Crippen LogP contribution in [0.1, 0.15) is 12.8 Å². The molecule has 3 heterocycles. The van der Waals surface area contributed by atoms with Crippen molar-refractivity contribution >= 4 is 17.5 Å². The molecule has 0 atom stereocenters. The van der Waals surface area contributed by atoms with Crippen LogP contribution in [0.3, 0.4) is 0 Å². The zero-order valence-electron chi connectivity index (χ0n) is 11.2. The van der Waals surface area contributed by atoms with E-state index in [4.69, 9.17) is 16.3 Å². The highest BCUT2D eigenvalue weighted by Gasteiger charge is 2.29. The number of nitrogens with one attached hydrogen (secondary N) is 1. The molecule has 2 aromatic heterocycles.